The Kier molecular flexibility index (Phi) is 4.30. The van der Waals surface area contributed by atoms with Crippen LogP contribution in [0.15, 0.2) is 42.6 Å². The number of benzene rings is 2. The van der Waals surface area contributed by atoms with Gasteiger partial charge >= 0.3 is 0 Å². The number of nitriles is 1. The van der Waals surface area contributed by atoms with Gasteiger partial charge in [0, 0.05) is 30.8 Å². The highest BCUT2D eigenvalue weighted by atomic mass is 35.5. The van der Waals surface area contributed by atoms with Gasteiger partial charge < -0.3 is 9.64 Å². The summed E-state index contributed by atoms with van der Waals surface area (Å²) in [7, 11) is 1.79. The third-order valence-electron chi connectivity index (χ3n) is 4.61. The molecule has 0 aliphatic carbocycles. The quantitative estimate of drug-likeness (QED) is 0.736. The first-order chi connectivity index (χ1) is 13.1. The van der Waals surface area contributed by atoms with Crippen LogP contribution in [0.1, 0.15) is 17.5 Å². The zero-order valence-corrected chi connectivity index (χ0v) is 15.2. The van der Waals surface area contributed by atoms with Crippen molar-refractivity contribution in [2.45, 2.75) is 12.8 Å². The van der Waals surface area contributed by atoms with E-state index in [2.05, 4.69) is 10.2 Å². The minimum absolute atomic E-state index is 0.124. The topological polar surface area (TPSA) is 82.0 Å². The number of aromatic nitrogens is 2. The molecule has 0 saturated carbocycles. The van der Waals surface area contributed by atoms with Gasteiger partial charge in [-0.2, -0.15) is 10.4 Å². The summed E-state index contributed by atoms with van der Waals surface area (Å²) in [6, 6.07) is 12.8. The third kappa shape index (κ3) is 3.14. The molecule has 1 aromatic heterocycles. The molecule has 0 fully saturated rings. The van der Waals surface area contributed by atoms with Crippen molar-refractivity contribution in [2.24, 2.45) is 0 Å². The standard InChI is InChI=1S/C20H15ClN4O2/c1-25-17-6-3-13(8-12(17)4-7-19(25)26)20-18(11-23-24-20)27-15-5-2-14(10-22)16(21)9-15/h2-3,5-6,8-9,11H,4,7H2,1H3,(H,23,24). The highest BCUT2D eigenvalue weighted by molar-refractivity contribution is 6.31. The van der Waals surface area contributed by atoms with Crippen molar-refractivity contribution >= 4 is 23.2 Å². The summed E-state index contributed by atoms with van der Waals surface area (Å²) in [5, 5.41) is 16.4. The zero-order valence-electron chi connectivity index (χ0n) is 14.5. The third-order valence-corrected chi connectivity index (χ3v) is 4.92. The number of H-pyrrole nitrogens is 1. The van der Waals surface area contributed by atoms with E-state index in [9.17, 15) is 4.79 Å². The molecule has 1 aliphatic rings. The summed E-state index contributed by atoms with van der Waals surface area (Å²) >= 11 is 6.07. The molecule has 1 N–H and O–H groups in total. The molecule has 0 spiro atoms. The van der Waals surface area contributed by atoms with Gasteiger partial charge in [-0.3, -0.25) is 9.89 Å². The van der Waals surface area contributed by atoms with Crippen molar-refractivity contribution in [2.75, 3.05) is 11.9 Å². The van der Waals surface area contributed by atoms with Gasteiger partial charge in [-0.1, -0.05) is 17.7 Å². The Morgan fingerprint density at radius 1 is 1.26 bits per heavy atom. The molecular weight excluding hydrogens is 364 g/mol. The molecule has 27 heavy (non-hydrogen) atoms. The minimum Gasteiger partial charge on any atom is -0.453 e. The molecule has 0 bridgehead atoms. The Bertz CT molecular complexity index is 1080. The lowest BCUT2D eigenvalue weighted by Crippen LogP contribution is -2.30. The normalized spacial score (nSPS) is 13.2. The van der Waals surface area contributed by atoms with Gasteiger partial charge in [0.15, 0.2) is 5.75 Å². The van der Waals surface area contributed by atoms with E-state index in [1.807, 2.05) is 24.3 Å². The van der Waals surface area contributed by atoms with Gasteiger partial charge in [0.2, 0.25) is 5.91 Å². The number of ether oxygens (including phenoxy) is 1. The molecule has 0 unspecified atom stereocenters. The molecule has 7 heteroatoms. The van der Waals surface area contributed by atoms with Gasteiger partial charge in [0.05, 0.1) is 16.8 Å². The predicted molar refractivity (Wildman–Crippen MR) is 102 cm³/mol. The number of aromatic amines is 1. The fourth-order valence-corrected chi connectivity index (χ4v) is 3.36. The lowest BCUT2D eigenvalue weighted by Gasteiger charge is -2.26. The van der Waals surface area contributed by atoms with E-state index < -0.39 is 0 Å². The second kappa shape index (κ2) is 6.78. The van der Waals surface area contributed by atoms with Crippen molar-refractivity contribution in [3.05, 3.63) is 58.7 Å². The molecule has 6 nitrogen and oxygen atoms in total. The van der Waals surface area contributed by atoms with Crippen molar-refractivity contribution in [1.29, 1.82) is 5.26 Å². The van der Waals surface area contributed by atoms with Crippen molar-refractivity contribution in [3.8, 4) is 28.8 Å². The highest BCUT2D eigenvalue weighted by Gasteiger charge is 2.22. The number of hydrogen-bond donors (Lipinski definition) is 1. The molecule has 134 valence electrons. The average molecular weight is 379 g/mol. The van der Waals surface area contributed by atoms with E-state index in [1.165, 1.54) is 0 Å². The number of anilines is 1. The van der Waals surface area contributed by atoms with E-state index in [-0.39, 0.29) is 5.91 Å². The number of amides is 1. The van der Waals surface area contributed by atoms with Crippen LogP contribution in [-0.2, 0) is 11.2 Å². The lowest BCUT2D eigenvalue weighted by molar-refractivity contribution is -0.118. The maximum Gasteiger partial charge on any atom is 0.227 e. The number of nitrogens with one attached hydrogen (secondary N) is 1. The van der Waals surface area contributed by atoms with Gasteiger partial charge in [0.25, 0.3) is 0 Å². The Hall–Kier alpha value is -3.30. The number of carbonyl (C=O) groups is 1. The van der Waals surface area contributed by atoms with Crippen LogP contribution in [0.25, 0.3) is 11.3 Å². The molecule has 0 saturated heterocycles. The van der Waals surface area contributed by atoms with Crippen LogP contribution in [0.2, 0.25) is 5.02 Å². The van der Waals surface area contributed by atoms with Gasteiger partial charge in [-0.25, -0.2) is 0 Å². The largest absolute Gasteiger partial charge is 0.453 e. The molecular formula is C20H15ClN4O2. The molecule has 0 atom stereocenters. The van der Waals surface area contributed by atoms with Crippen molar-refractivity contribution in [1.82, 2.24) is 10.2 Å². The lowest BCUT2D eigenvalue weighted by atomic mass is 9.98. The highest BCUT2D eigenvalue weighted by Crippen LogP contribution is 2.36. The SMILES string of the molecule is CN1C(=O)CCc2cc(-c3[nH]ncc3Oc3ccc(C#N)c(Cl)c3)ccc21. The van der Waals surface area contributed by atoms with E-state index in [0.717, 1.165) is 22.5 Å². The summed E-state index contributed by atoms with van der Waals surface area (Å²) in [6.07, 6.45) is 2.81. The van der Waals surface area contributed by atoms with Crippen LogP contribution in [0, 0.1) is 11.3 Å². The van der Waals surface area contributed by atoms with Crippen LogP contribution in [0.4, 0.5) is 5.69 Å². The monoisotopic (exact) mass is 378 g/mol. The Morgan fingerprint density at radius 2 is 2.11 bits per heavy atom. The summed E-state index contributed by atoms with van der Waals surface area (Å²) in [5.74, 6) is 1.19. The second-order valence-electron chi connectivity index (χ2n) is 6.26. The number of carbonyl (C=O) groups excluding carboxylic acids is 1. The van der Waals surface area contributed by atoms with E-state index in [4.69, 9.17) is 21.6 Å². The van der Waals surface area contributed by atoms with Crippen molar-refractivity contribution < 1.29 is 9.53 Å². The molecule has 4 rings (SSSR count). The predicted octanol–water partition coefficient (Wildman–Crippen LogP) is 4.30. The molecule has 2 aromatic carbocycles. The fourth-order valence-electron chi connectivity index (χ4n) is 3.15. The number of aryl methyl sites for hydroxylation is 1. The van der Waals surface area contributed by atoms with Gasteiger partial charge in [-0.15, -0.1) is 0 Å². The molecule has 0 radical (unpaired) electrons. The smallest absolute Gasteiger partial charge is 0.227 e. The number of nitrogens with zero attached hydrogens (tertiary/aromatic N) is 3. The molecule has 1 aliphatic heterocycles. The van der Waals surface area contributed by atoms with E-state index in [1.54, 1.807) is 36.3 Å². The van der Waals surface area contributed by atoms with Gasteiger partial charge in [0.1, 0.15) is 17.5 Å². The zero-order chi connectivity index (χ0) is 19.0. The number of rotatable bonds is 3. The molecule has 2 heterocycles. The number of hydrogen-bond acceptors (Lipinski definition) is 4. The summed E-state index contributed by atoms with van der Waals surface area (Å²) < 4.78 is 5.91. The second-order valence-corrected chi connectivity index (χ2v) is 6.67. The maximum atomic E-state index is 11.9. The fraction of sp³-hybridized carbons (Fsp3) is 0.150. The number of fused-ring (bicyclic) bond motifs is 1. The Morgan fingerprint density at radius 3 is 2.89 bits per heavy atom. The van der Waals surface area contributed by atoms with Crippen LogP contribution < -0.4 is 9.64 Å². The minimum atomic E-state index is 0.124. The van der Waals surface area contributed by atoms with Crippen LogP contribution in [-0.4, -0.2) is 23.2 Å². The Balaban J connectivity index is 1.66. The Labute approximate surface area is 160 Å². The van der Waals surface area contributed by atoms with Crippen LogP contribution >= 0.6 is 11.6 Å². The first-order valence-electron chi connectivity index (χ1n) is 8.37. The average Bonchev–Trinajstić information content (AvgIpc) is 3.13. The van der Waals surface area contributed by atoms with Crippen LogP contribution in [0.3, 0.4) is 0 Å². The number of halogens is 1. The first kappa shape index (κ1) is 17.1. The van der Waals surface area contributed by atoms with Crippen molar-refractivity contribution in [3.63, 3.8) is 0 Å². The summed E-state index contributed by atoms with van der Waals surface area (Å²) in [6.45, 7) is 0. The van der Waals surface area contributed by atoms with E-state index in [0.29, 0.717) is 34.9 Å². The first-order valence-corrected chi connectivity index (χ1v) is 8.75. The maximum absolute atomic E-state index is 11.9. The molecule has 1 amide bonds. The summed E-state index contributed by atoms with van der Waals surface area (Å²) in [5.41, 5.74) is 4.08. The van der Waals surface area contributed by atoms with Gasteiger partial charge in [-0.05, 0) is 36.2 Å². The molecule has 3 aromatic rings. The summed E-state index contributed by atoms with van der Waals surface area (Å²) in [4.78, 5) is 13.5. The van der Waals surface area contributed by atoms with E-state index >= 15 is 0 Å². The van der Waals surface area contributed by atoms with Crippen LogP contribution in [0.5, 0.6) is 11.5 Å².